The van der Waals surface area contributed by atoms with Gasteiger partial charge in [0.05, 0.1) is 6.04 Å². The number of rotatable bonds is 7. The van der Waals surface area contributed by atoms with Crippen LogP contribution >= 0.6 is 0 Å². The maximum absolute atomic E-state index is 12.0. The zero-order chi connectivity index (χ0) is 15.7. The Morgan fingerprint density at radius 1 is 1.19 bits per heavy atom. The number of hydrogen-bond donors (Lipinski definition) is 2. The fourth-order valence-electron chi connectivity index (χ4n) is 2.01. The van der Waals surface area contributed by atoms with Gasteiger partial charge in [-0.1, -0.05) is 37.3 Å². The van der Waals surface area contributed by atoms with Gasteiger partial charge in [0.2, 0.25) is 0 Å². The third-order valence-corrected chi connectivity index (χ3v) is 2.93. The molecule has 118 valence electrons. The molecule has 1 aromatic carbocycles. The lowest BCUT2D eigenvalue weighted by atomic mass is 10.0. The molecule has 0 aliphatic rings. The lowest BCUT2D eigenvalue weighted by molar-refractivity contribution is 0.0501. The molecule has 0 bridgehead atoms. The second-order valence-corrected chi connectivity index (χ2v) is 6.15. The highest BCUT2D eigenvalue weighted by Gasteiger charge is 2.20. The van der Waals surface area contributed by atoms with Crippen molar-refractivity contribution in [2.75, 3.05) is 13.1 Å². The number of nitrogens with one attached hydrogen (secondary N) is 2. The van der Waals surface area contributed by atoms with Crippen molar-refractivity contribution in [2.24, 2.45) is 0 Å². The third kappa shape index (κ3) is 7.71. The SMILES string of the molecule is CCCNCCC(NC(=O)OC(C)(C)C)c1ccccc1. The second-order valence-electron chi connectivity index (χ2n) is 6.15. The molecule has 0 saturated heterocycles. The van der Waals surface area contributed by atoms with Crippen LogP contribution in [0.25, 0.3) is 0 Å². The normalized spacial score (nSPS) is 12.8. The molecular formula is C17H28N2O2. The van der Waals surface area contributed by atoms with Gasteiger partial charge in [-0.3, -0.25) is 0 Å². The van der Waals surface area contributed by atoms with Gasteiger partial charge in [0, 0.05) is 0 Å². The average Bonchev–Trinajstić information content (AvgIpc) is 2.41. The van der Waals surface area contributed by atoms with Crippen molar-refractivity contribution in [3.05, 3.63) is 35.9 Å². The van der Waals surface area contributed by atoms with Crippen LogP contribution in [0.1, 0.15) is 52.1 Å². The zero-order valence-electron chi connectivity index (χ0n) is 13.6. The molecule has 0 aliphatic heterocycles. The maximum Gasteiger partial charge on any atom is 0.408 e. The predicted octanol–water partition coefficient (Wildman–Crippen LogP) is 3.64. The Bertz CT molecular complexity index is 413. The van der Waals surface area contributed by atoms with Gasteiger partial charge in [0.1, 0.15) is 5.60 Å². The largest absolute Gasteiger partial charge is 0.444 e. The Kier molecular flexibility index (Phi) is 7.23. The molecule has 0 aliphatic carbocycles. The molecule has 0 radical (unpaired) electrons. The molecule has 1 amide bonds. The van der Waals surface area contributed by atoms with E-state index >= 15 is 0 Å². The zero-order valence-corrected chi connectivity index (χ0v) is 13.6. The molecule has 4 heteroatoms. The van der Waals surface area contributed by atoms with E-state index < -0.39 is 5.60 Å². The van der Waals surface area contributed by atoms with E-state index in [9.17, 15) is 4.79 Å². The Morgan fingerprint density at radius 3 is 2.43 bits per heavy atom. The first-order valence-corrected chi connectivity index (χ1v) is 7.67. The van der Waals surface area contributed by atoms with Crippen molar-refractivity contribution in [3.63, 3.8) is 0 Å². The highest BCUT2D eigenvalue weighted by Crippen LogP contribution is 2.17. The Balaban J connectivity index is 2.62. The summed E-state index contributed by atoms with van der Waals surface area (Å²) in [5.41, 5.74) is 0.618. The van der Waals surface area contributed by atoms with E-state index in [1.807, 2.05) is 51.1 Å². The van der Waals surface area contributed by atoms with E-state index in [-0.39, 0.29) is 12.1 Å². The average molecular weight is 292 g/mol. The van der Waals surface area contributed by atoms with Gasteiger partial charge in [0.15, 0.2) is 0 Å². The van der Waals surface area contributed by atoms with Gasteiger partial charge in [-0.2, -0.15) is 0 Å². The van der Waals surface area contributed by atoms with Crippen molar-refractivity contribution in [2.45, 2.75) is 52.2 Å². The summed E-state index contributed by atoms with van der Waals surface area (Å²) in [6.45, 7) is 9.60. The van der Waals surface area contributed by atoms with Crippen LogP contribution in [0.5, 0.6) is 0 Å². The number of carbonyl (C=O) groups is 1. The number of alkyl carbamates (subject to hydrolysis) is 1. The van der Waals surface area contributed by atoms with Gasteiger partial charge in [-0.15, -0.1) is 0 Å². The molecule has 0 saturated carbocycles. The molecule has 4 nitrogen and oxygen atoms in total. The van der Waals surface area contributed by atoms with E-state index in [0.717, 1.165) is 31.5 Å². The van der Waals surface area contributed by atoms with Crippen LogP contribution in [0, 0.1) is 0 Å². The summed E-state index contributed by atoms with van der Waals surface area (Å²) in [7, 11) is 0. The van der Waals surface area contributed by atoms with Crippen LogP contribution in [0.3, 0.4) is 0 Å². The van der Waals surface area contributed by atoms with Crippen LogP contribution in [-0.2, 0) is 4.74 Å². The number of hydrogen-bond acceptors (Lipinski definition) is 3. The van der Waals surface area contributed by atoms with Crippen LogP contribution < -0.4 is 10.6 Å². The first kappa shape index (κ1) is 17.5. The highest BCUT2D eigenvalue weighted by atomic mass is 16.6. The van der Waals surface area contributed by atoms with Crippen LogP contribution in [-0.4, -0.2) is 24.8 Å². The fraction of sp³-hybridized carbons (Fsp3) is 0.588. The standard InChI is InChI=1S/C17H28N2O2/c1-5-12-18-13-11-15(14-9-7-6-8-10-14)19-16(20)21-17(2,3)4/h6-10,15,18H,5,11-13H2,1-4H3,(H,19,20). The summed E-state index contributed by atoms with van der Waals surface area (Å²) in [6.07, 6.45) is 1.57. The Morgan fingerprint density at radius 2 is 1.86 bits per heavy atom. The monoisotopic (exact) mass is 292 g/mol. The van der Waals surface area contributed by atoms with Crippen molar-refractivity contribution in [3.8, 4) is 0 Å². The number of carbonyl (C=O) groups excluding carboxylic acids is 1. The van der Waals surface area contributed by atoms with E-state index in [2.05, 4.69) is 17.6 Å². The molecular weight excluding hydrogens is 264 g/mol. The number of benzene rings is 1. The van der Waals surface area contributed by atoms with Gasteiger partial charge in [0.25, 0.3) is 0 Å². The Hall–Kier alpha value is -1.55. The quantitative estimate of drug-likeness (QED) is 0.754. The van der Waals surface area contributed by atoms with Crippen molar-refractivity contribution in [1.29, 1.82) is 0 Å². The summed E-state index contributed by atoms with van der Waals surface area (Å²) in [6, 6.07) is 9.97. The summed E-state index contributed by atoms with van der Waals surface area (Å²) in [5, 5.41) is 6.33. The summed E-state index contributed by atoms with van der Waals surface area (Å²) in [5.74, 6) is 0. The molecule has 0 aromatic heterocycles. The third-order valence-electron chi connectivity index (χ3n) is 2.93. The van der Waals surface area contributed by atoms with Crippen LogP contribution in [0.4, 0.5) is 4.79 Å². The van der Waals surface area contributed by atoms with Crippen molar-refractivity contribution in [1.82, 2.24) is 10.6 Å². The van der Waals surface area contributed by atoms with Crippen LogP contribution in [0.2, 0.25) is 0 Å². The van der Waals surface area contributed by atoms with Gasteiger partial charge in [-0.25, -0.2) is 4.79 Å². The van der Waals surface area contributed by atoms with Crippen molar-refractivity contribution >= 4 is 6.09 Å². The van der Waals surface area contributed by atoms with E-state index in [4.69, 9.17) is 4.74 Å². The van der Waals surface area contributed by atoms with E-state index in [1.165, 1.54) is 0 Å². The van der Waals surface area contributed by atoms with E-state index in [1.54, 1.807) is 0 Å². The minimum Gasteiger partial charge on any atom is -0.444 e. The molecule has 1 unspecified atom stereocenters. The highest BCUT2D eigenvalue weighted by molar-refractivity contribution is 5.68. The molecule has 2 N–H and O–H groups in total. The Labute approximate surface area is 128 Å². The molecule has 21 heavy (non-hydrogen) atoms. The molecule has 1 atom stereocenters. The molecule has 1 aromatic rings. The summed E-state index contributed by atoms with van der Waals surface area (Å²) in [4.78, 5) is 12.0. The minimum absolute atomic E-state index is 0.0367. The second kappa shape index (κ2) is 8.67. The lowest BCUT2D eigenvalue weighted by Crippen LogP contribution is -2.36. The molecule has 0 fully saturated rings. The molecule has 0 heterocycles. The topological polar surface area (TPSA) is 50.4 Å². The van der Waals surface area contributed by atoms with Gasteiger partial charge >= 0.3 is 6.09 Å². The van der Waals surface area contributed by atoms with Gasteiger partial charge < -0.3 is 15.4 Å². The van der Waals surface area contributed by atoms with E-state index in [0.29, 0.717) is 0 Å². The first-order valence-electron chi connectivity index (χ1n) is 7.67. The fourth-order valence-corrected chi connectivity index (χ4v) is 2.01. The van der Waals surface area contributed by atoms with Gasteiger partial charge in [-0.05, 0) is 52.3 Å². The number of amides is 1. The first-order chi connectivity index (χ1) is 9.92. The maximum atomic E-state index is 12.0. The lowest BCUT2D eigenvalue weighted by Gasteiger charge is -2.24. The number of ether oxygens (including phenoxy) is 1. The predicted molar refractivity (Wildman–Crippen MR) is 86.3 cm³/mol. The van der Waals surface area contributed by atoms with Crippen LogP contribution in [0.15, 0.2) is 30.3 Å². The molecule has 1 rings (SSSR count). The molecule has 0 spiro atoms. The van der Waals surface area contributed by atoms with Crippen molar-refractivity contribution < 1.29 is 9.53 Å². The minimum atomic E-state index is -0.480. The smallest absolute Gasteiger partial charge is 0.408 e. The summed E-state index contributed by atoms with van der Waals surface area (Å²) >= 11 is 0. The summed E-state index contributed by atoms with van der Waals surface area (Å²) < 4.78 is 5.35.